The number of nitrogens with zero attached hydrogens (tertiary/aromatic N) is 1. The number of hydrogen-bond acceptors (Lipinski definition) is 5. The zero-order valence-corrected chi connectivity index (χ0v) is 11.1. The van der Waals surface area contributed by atoms with Gasteiger partial charge >= 0.3 is 0 Å². The summed E-state index contributed by atoms with van der Waals surface area (Å²) in [5, 5.41) is 1.72. The van der Waals surface area contributed by atoms with E-state index in [2.05, 4.69) is 4.37 Å². The molecule has 0 saturated carbocycles. The number of anilines is 1. The van der Waals surface area contributed by atoms with E-state index in [1.807, 2.05) is 24.3 Å². The Morgan fingerprint density at radius 1 is 1.11 bits per heavy atom. The summed E-state index contributed by atoms with van der Waals surface area (Å²) in [5.74, 6) is 1.24. The normalized spacial score (nSPS) is 10.6. The molecule has 0 spiro atoms. The van der Waals surface area contributed by atoms with Crippen LogP contribution in [0.2, 0.25) is 0 Å². The number of benzene rings is 2. The molecule has 0 fully saturated rings. The molecular weight excluding hydrogens is 260 g/mol. The highest BCUT2D eigenvalue weighted by molar-refractivity contribution is 7.09. The highest BCUT2D eigenvalue weighted by atomic mass is 32.1. The lowest BCUT2D eigenvalue weighted by atomic mass is 10.2. The van der Waals surface area contributed by atoms with Crippen molar-refractivity contribution in [2.45, 2.75) is 0 Å². The van der Waals surface area contributed by atoms with Crippen LogP contribution in [0.4, 0.5) is 5.69 Å². The lowest BCUT2D eigenvalue weighted by molar-refractivity contribution is 0.383. The smallest absolute Gasteiger partial charge is 0.208 e. The lowest BCUT2D eigenvalue weighted by Gasteiger charge is -2.09. The minimum absolute atomic E-state index is 0.594. The third-order valence-corrected chi connectivity index (χ3v) is 3.50. The van der Waals surface area contributed by atoms with Gasteiger partial charge in [0.2, 0.25) is 5.06 Å². The summed E-state index contributed by atoms with van der Waals surface area (Å²) in [6.45, 7) is 0. The molecule has 1 aromatic heterocycles. The Morgan fingerprint density at radius 2 is 1.95 bits per heavy atom. The minimum atomic E-state index is 0.594. The Labute approximate surface area is 114 Å². The average Bonchev–Trinajstić information content (AvgIpc) is 2.83. The van der Waals surface area contributed by atoms with Gasteiger partial charge < -0.3 is 15.2 Å². The number of rotatable bonds is 3. The van der Waals surface area contributed by atoms with Crippen LogP contribution in [0, 0.1) is 0 Å². The Hall–Kier alpha value is -2.27. The van der Waals surface area contributed by atoms with Gasteiger partial charge in [0.15, 0.2) is 11.5 Å². The molecule has 2 N–H and O–H groups in total. The van der Waals surface area contributed by atoms with E-state index >= 15 is 0 Å². The molecular formula is C14H12N2O2S. The highest BCUT2D eigenvalue weighted by Crippen LogP contribution is 2.38. The Balaban J connectivity index is 2.03. The number of ether oxygens (including phenoxy) is 2. The van der Waals surface area contributed by atoms with Gasteiger partial charge in [0.25, 0.3) is 0 Å². The van der Waals surface area contributed by atoms with Gasteiger partial charge in [-0.3, -0.25) is 0 Å². The zero-order valence-electron chi connectivity index (χ0n) is 10.3. The van der Waals surface area contributed by atoms with Crippen LogP contribution < -0.4 is 15.2 Å². The molecule has 0 atom stereocenters. The summed E-state index contributed by atoms with van der Waals surface area (Å²) in [6.07, 6.45) is 0. The van der Waals surface area contributed by atoms with Gasteiger partial charge in [0.1, 0.15) is 0 Å². The van der Waals surface area contributed by atoms with Gasteiger partial charge in [0.05, 0.1) is 18.0 Å². The number of nitrogen functional groups attached to an aromatic ring is 1. The Bertz CT molecular complexity index is 724. The molecule has 0 unspecified atom stereocenters. The van der Waals surface area contributed by atoms with Crippen molar-refractivity contribution in [1.82, 2.24) is 4.37 Å². The van der Waals surface area contributed by atoms with E-state index in [1.54, 1.807) is 25.3 Å². The van der Waals surface area contributed by atoms with E-state index in [1.165, 1.54) is 11.5 Å². The van der Waals surface area contributed by atoms with Crippen molar-refractivity contribution in [3.63, 3.8) is 0 Å². The first-order valence-electron chi connectivity index (χ1n) is 5.73. The van der Waals surface area contributed by atoms with E-state index < -0.39 is 0 Å². The third-order valence-electron chi connectivity index (χ3n) is 2.74. The maximum absolute atomic E-state index is 5.89. The Morgan fingerprint density at radius 3 is 2.79 bits per heavy atom. The van der Waals surface area contributed by atoms with Gasteiger partial charge in [-0.05, 0) is 24.3 Å². The van der Waals surface area contributed by atoms with E-state index in [9.17, 15) is 0 Å². The van der Waals surface area contributed by atoms with E-state index in [0.717, 1.165) is 16.0 Å². The van der Waals surface area contributed by atoms with Crippen molar-refractivity contribution in [3.8, 4) is 16.6 Å². The second-order valence-corrected chi connectivity index (χ2v) is 4.74. The summed E-state index contributed by atoms with van der Waals surface area (Å²) >= 11 is 1.31. The van der Waals surface area contributed by atoms with Crippen LogP contribution in [-0.4, -0.2) is 11.5 Å². The number of hydrogen-bond donors (Lipinski definition) is 1. The highest BCUT2D eigenvalue weighted by Gasteiger charge is 2.11. The van der Waals surface area contributed by atoms with Crippen molar-refractivity contribution in [2.24, 2.45) is 0 Å². The van der Waals surface area contributed by atoms with E-state index in [4.69, 9.17) is 15.2 Å². The predicted octanol–water partition coefficient (Wildman–Crippen LogP) is 3.68. The molecule has 0 radical (unpaired) electrons. The van der Waals surface area contributed by atoms with Crippen LogP contribution in [-0.2, 0) is 0 Å². The molecule has 96 valence electrons. The van der Waals surface area contributed by atoms with Crippen LogP contribution in [0.1, 0.15) is 0 Å². The minimum Gasteiger partial charge on any atom is -0.493 e. The van der Waals surface area contributed by atoms with Gasteiger partial charge in [-0.2, -0.15) is 4.37 Å². The Kier molecular flexibility index (Phi) is 2.97. The molecule has 19 heavy (non-hydrogen) atoms. The molecule has 0 aliphatic rings. The van der Waals surface area contributed by atoms with Crippen molar-refractivity contribution >= 4 is 28.1 Å². The number of nitrogens with two attached hydrogens (primary N) is 1. The maximum Gasteiger partial charge on any atom is 0.208 e. The molecule has 0 bridgehead atoms. The predicted molar refractivity (Wildman–Crippen MR) is 77.1 cm³/mol. The van der Waals surface area contributed by atoms with Crippen LogP contribution in [0.3, 0.4) is 0 Å². The van der Waals surface area contributed by atoms with Crippen LogP contribution in [0.15, 0.2) is 42.5 Å². The molecule has 0 saturated heterocycles. The second kappa shape index (κ2) is 4.78. The first kappa shape index (κ1) is 11.8. The van der Waals surface area contributed by atoms with Gasteiger partial charge in [0, 0.05) is 23.3 Å². The largest absolute Gasteiger partial charge is 0.493 e. The molecule has 5 heteroatoms. The average molecular weight is 272 g/mol. The standard InChI is InChI=1S/C14H12N2O2S/c1-17-12-7-6-9(15)8-13(12)18-14-10-4-2-3-5-11(10)16-19-14/h2-8H,15H2,1H3. The quantitative estimate of drug-likeness (QED) is 0.739. The fourth-order valence-corrected chi connectivity index (χ4v) is 2.55. The SMILES string of the molecule is COc1ccc(N)cc1Oc1snc2ccccc12. The topological polar surface area (TPSA) is 57.4 Å². The van der Waals surface area contributed by atoms with Crippen molar-refractivity contribution in [1.29, 1.82) is 0 Å². The van der Waals surface area contributed by atoms with Crippen molar-refractivity contribution in [2.75, 3.05) is 12.8 Å². The molecule has 0 amide bonds. The van der Waals surface area contributed by atoms with E-state index in [-0.39, 0.29) is 0 Å². The second-order valence-electron chi connectivity index (χ2n) is 4.00. The fourth-order valence-electron chi connectivity index (χ4n) is 1.81. The molecule has 1 heterocycles. The van der Waals surface area contributed by atoms with Crippen molar-refractivity contribution < 1.29 is 9.47 Å². The molecule has 0 aliphatic carbocycles. The zero-order chi connectivity index (χ0) is 13.2. The molecule has 3 rings (SSSR count). The first-order chi connectivity index (χ1) is 9.28. The van der Waals surface area contributed by atoms with Crippen LogP contribution in [0.5, 0.6) is 16.6 Å². The van der Waals surface area contributed by atoms with Crippen molar-refractivity contribution in [3.05, 3.63) is 42.5 Å². The summed E-state index contributed by atoms with van der Waals surface area (Å²) in [4.78, 5) is 0. The maximum atomic E-state index is 5.89. The van der Waals surface area contributed by atoms with Gasteiger partial charge in [-0.1, -0.05) is 12.1 Å². The third kappa shape index (κ3) is 2.20. The van der Waals surface area contributed by atoms with E-state index in [0.29, 0.717) is 17.2 Å². The number of methoxy groups -OCH3 is 1. The monoisotopic (exact) mass is 272 g/mol. The summed E-state index contributed by atoms with van der Waals surface area (Å²) < 4.78 is 15.5. The number of aromatic nitrogens is 1. The number of fused-ring (bicyclic) bond motifs is 1. The lowest BCUT2D eigenvalue weighted by Crippen LogP contribution is -1.92. The summed E-state index contributed by atoms with van der Waals surface area (Å²) in [7, 11) is 1.60. The molecule has 4 nitrogen and oxygen atoms in total. The van der Waals surface area contributed by atoms with Crippen LogP contribution in [0.25, 0.3) is 10.9 Å². The summed E-state index contributed by atoms with van der Waals surface area (Å²) in [5.41, 5.74) is 7.33. The first-order valence-corrected chi connectivity index (χ1v) is 6.51. The van der Waals surface area contributed by atoms with Gasteiger partial charge in [-0.25, -0.2) is 0 Å². The molecule has 0 aliphatic heterocycles. The molecule has 2 aromatic carbocycles. The van der Waals surface area contributed by atoms with Crippen LogP contribution >= 0.6 is 11.5 Å². The summed E-state index contributed by atoms with van der Waals surface area (Å²) in [6, 6.07) is 13.1. The molecule has 3 aromatic rings. The fraction of sp³-hybridized carbons (Fsp3) is 0.0714. The van der Waals surface area contributed by atoms with Gasteiger partial charge in [-0.15, -0.1) is 0 Å².